The monoisotopic (exact) mass is 535 g/mol. The molecule has 39 heavy (non-hydrogen) atoms. The van der Waals surface area contributed by atoms with Crippen LogP contribution in [0.1, 0.15) is 44.0 Å². The van der Waals surface area contributed by atoms with Crippen molar-refractivity contribution in [2.75, 3.05) is 46.0 Å². The Bertz CT molecular complexity index is 1390. The maximum Gasteiger partial charge on any atom is 0.252 e. The summed E-state index contributed by atoms with van der Waals surface area (Å²) in [7, 11) is 0. The molecule has 1 N–H and O–H groups in total. The van der Waals surface area contributed by atoms with Gasteiger partial charge in [0.05, 0.1) is 32.1 Å². The summed E-state index contributed by atoms with van der Waals surface area (Å²) < 4.78 is 18.6. The van der Waals surface area contributed by atoms with Crippen molar-refractivity contribution in [3.05, 3.63) is 70.2 Å². The molecule has 5 rings (SSSR count). The number of aromatic nitrogens is 5. The number of benzene rings is 1. The lowest BCUT2D eigenvalue weighted by atomic mass is 10.00. The van der Waals surface area contributed by atoms with Crippen molar-refractivity contribution in [3.8, 4) is 5.75 Å². The molecule has 0 unspecified atom stereocenters. The number of ether oxygens (including phenoxy) is 2. The van der Waals surface area contributed by atoms with Crippen LogP contribution in [0.4, 0.5) is 0 Å². The van der Waals surface area contributed by atoms with Gasteiger partial charge in [-0.15, -0.1) is 5.10 Å². The molecule has 4 aromatic rings. The third-order valence-corrected chi connectivity index (χ3v) is 7.12. The first-order valence-electron chi connectivity index (χ1n) is 13.6. The minimum absolute atomic E-state index is 0.0966. The maximum atomic E-state index is 13.2. The highest BCUT2D eigenvalue weighted by atomic mass is 16.5. The molecule has 1 aromatic carbocycles. The van der Waals surface area contributed by atoms with Gasteiger partial charge in [0.15, 0.2) is 5.82 Å². The first kappa shape index (κ1) is 27.0. The van der Waals surface area contributed by atoms with Gasteiger partial charge in [-0.3, -0.25) is 14.6 Å². The SMILES string of the molecule is CCOc1ccc2[nH]c(=O)c(CN(CCN3CCOCC3)[C@@H](c3nnnn3Cc3ccco3)C(C)C)cc2c1. The highest BCUT2D eigenvalue weighted by molar-refractivity contribution is 5.80. The Morgan fingerprint density at radius 2 is 2.03 bits per heavy atom. The average Bonchev–Trinajstić information content (AvgIpc) is 3.61. The Hall–Kier alpha value is -3.54. The number of aromatic amines is 1. The molecule has 11 nitrogen and oxygen atoms in total. The van der Waals surface area contributed by atoms with Crippen LogP contribution in [-0.2, 0) is 17.8 Å². The van der Waals surface area contributed by atoms with E-state index < -0.39 is 0 Å². The quantitative estimate of drug-likeness (QED) is 0.292. The van der Waals surface area contributed by atoms with Crippen molar-refractivity contribution in [1.82, 2.24) is 35.0 Å². The van der Waals surface area contributed by atoms with E-state index in [4.69, 9.17) is 13.9 Å². The van der Waals surface area contributed by atoms with Crippen LogP contribution in [0.2, 0.25) is 0 Å². The summed E-state index contributed by atoms with van der Waals surface area (Å²) in [6, 6.07) is 11.4. The Kier molecular flexibility index (Phi) is 8.70. The number of pyridine rings is 1. The first-order valence-corrected chi connectivity index (χ1v) is 13.6. The Morgan fingerprint density at radius 3 is 2.77 bits per heavy atom. The molecule has 0 amide bonds. The number of nitrogens with one attached hydrogen (secondary N) is 1. The molecule has 0 saturated carbocycles. The van der Waals surface area contributed by atoms with Crippen LogP contribution in [0.5, 0.6) is 5.75 Å². The minimum atomic E-state index is -0.124. The Balaban J connectivity index is 1.48. The fraction of sp³-hybridized carbons (Fsp3) is 0.500. The predicted molar refractivity (Wildman–Crippen MR) is 147 cm³/mol. The van der Waals surface area contributed by atoms with Crippen molar-refractivity contribution < 1.29 is 13.9 Å². The molecule has 1 aliphatic heterocycles. The van der Waals surface area contributed by atoms with E-state index in [1.807, 2.05) is 43.3 Å². The van der Waals surface area contributed by atoms with Crippen molar-refractivity contribution >= 4 is 10.9 Å². The summed E-state index contributed by atoms with van der Waals surface area (Å²) in [6.07, 6.45) is 1.65. The second kappa shape index (κ2) is 12.5. The van der Waals surface area contributed by atoms with E-state index in [2.05, 4.69) is 44.2 Å². The Morgan fingerprint density at radius 1 is 1.18 bits per heavy atom. The fourth-order valence-corrected chi connectivity index (χ4v) is 5.20. The minimum Gasteiger partial charge on any atom is -0.494 e. The average molecular weight is 536 g/mol. The number of rotatable bonds is 12. The van der Waals surface area contributed by atoms with E-state index in [0.29, 0.717) is 25.3 Å². The second-order valence-electron chi connectivity index (χ2n) is 10.2. The van der Waals surface area contributed by atoms with E-state index in [1.54, 1.807) is 10.9 Å². The van der Waals surface area contributed by atoms with Crippen molar-refractivity contribution in [2.24, 2.45) is 5.92 Å². The van der Waals surface area contributed by atoms with Gasteiger partial charge < -0.3 is 18.9 Å². The van der Waals surface area contributed by atoms with Crippen molar-refractivity contribution in [1.29, 1.82) is 0 Å². The Labute approximate surface area is 227 Å². The molecular weight excluding hydrogens is 498 g/mol. The van der Waals surface area contributed by atoms with E-state index in [0.717, 1.165) is 67.6 Å². The molecule has 0 spiro atoms. The van der Waals surface area contributed by atoms with Crippen LogP contribution < -0.4 is 10.3 Å². The van der Waals surface area contributed by atoms with Gasteiger partial charge in [0, 0.05) is 49.2 Å². The van der Waals surface area contributed by atoms with Gasteiger partial charge in [0.2, 0.25) is 0 Å². The highest BCUT2D eigenvalue weighted by Crippen LogP contribution is 2.29. The van der Waals surface area contributed by atoms with Gasteiger partial charge in [0.25, 0.3) is 5.56 Å². The zero-order valence-corrected chi connectivity index (χ0v) is 22.9. The number of tetrazole rings is 1. The third-order valence-electron chi connectivity index (χ3n) is 7.12. The van der Waals surface area contributed by atoms with Crippen LogP contribution in [0.3, 0.4) is 0 Å². The van der Waals surface area contributed by atoms with Crippen molar-refractivity contribution in [3.63, 3.8) is 0 Å². The van der Waals surface area contributed by atoms with Crippen LogP contribution in [-0.4, -0.2) is 81.0 Å². The van der Waals surface area contributed by atoms with Gasteiger partial charge in [-0.25, -0.2) is 4.68 Å². The van der Waals surface area contributed by atoms with E-state index in [9.17, 15) is 4.79 Å². The van der Waals surface area contributed by atoms with E-state index in [-0.39, 0.29) is 17.5 Å². The van der Waals surface area contributed by atoms with Crippen molar-refractivity contribution in [2.45, 2.75) is 39.9 Å². The van der Waals surface area contributed by atoms with Gasteiger partial charge in [-0.2, -0.15) is 0 Å². The smallest absolute Gasteiger partial charge is 0.252 e. The molecule has 4 heterocycles. The molecule has 0 radical (unpaired) electrons. The topological polar surface area (TPSA) is 115 Å². The lowest BCUT2D eigenvalue weighted by Gasteiger charge is -2.36. The zero-order chi connectivity index (χ0) is 27.2. The number of fused-ring (bicyclic) bond motifs is 1. The molecule has 1 atom stereocenters. The summed E-state index contributed by atoms with van der Waals surface area (Å²) in [5, 5.41) is 13.7. The largest absolute Gasteiger partial charge is 0.494 e. The summed E-state index contributed by atoms with van der Waals surface area (Å²) in [5.74, 6) is 2.49. The first-order chi connectivity index (χ1) is 19.0. The number of nitrogens with zero attached hydrogens (tertiary/aromatic N) is 6. The summed E-state index contributed by atoms with van der Waals surface area (Å²) >= 11 is 0. The molecule has 3 aromatic heterocycles. The number of H-pyrrole nitrogens is 1. The molecule has 208 valence electrons. The molecule has 0 bridgehead atoms. The lowest BCUT2D eigenvalue weighted by molar-refractivity contribution is 0.0268. The zero-order valence-electron chi connectivity index (χ0n) is 22.9. The third kappa shape index (κ3) is 6.55. The lowest BCUT2D eigenvalue weighted by Crippen LogP contribution is -2.44. The maximum absolute atomic E-state index is 13.2. The fourth-order valence-electron chi connectivity index (χ4n) is 5.20. The van der Waals surface area contributed by atoms with Gasteiger partial charge in [-0.05, 0) is 59.7 Å². The second-order valence-corrected chi connectivity index (χ2v) is 10.2. The van der Waals surface area contributed by atoms with Gasteiger partial charge in [0.1, 0.15) is 18.1 Å². The highest BCUT2D eigenvalue weighted by Gasteiger charge is 2.30. The number of morpholine rings is 1. The molecule has 1 aliphatic rings. The number of furan rings is 1. The molecule has 11 heteroatoms. The predicted octanol–water partition coefficient (Wildman–Crippen LogP) is 3.09. The molecule has 1 fully saturated rings. The molecule has 1 saturated heterocycles. The van der Waals surface area contributed by atoms with Crippen LogP contribution in [0.15, 0.2) is 51.9 Å². The van der Waals surface area contributed by atoms with E-state index >= 15 is 0 Å². The number of hydrogen-bond donors (Lipinski definition) is 1. The van der Waals surface area contributed by atoms with E-state index in [1.165, 1.54) is 0 Å². The normalized spacial score (nSPS) is 15.4. The van der Waals surface area contributed by atoms with Crippen LogP contribution >= 0.6 is 0 Å². The number of hydrogen-bond acceptors (Lipinski definition) is 9. The molecular formula is C28H37N7O4. The van der Waals surface area contributed by atoms with Crippen LogP contribution in [0, 0.1) is 5.92 Å². The van der Waals surface area contributed by atoms with Crippen LogP contribution in [0.25, 0.3) is 10.9 Å². The standard InChI is InChI=1S/C28H37N7O4/c1-4-38-23-7-8-25-21(17-23)16-22(28(36)29-25)18-34(10-9-33-11-14-37-15-12-33)26(20(2)3)27-30-31-32-35(27)19-24-6-5-13-39-24/h5-8,13,16-17,20,26H,4,9-12,14-15,18-19H2,1-3H3,(H,29,36)/t26-/m1/s1. The molecule has 0 aliphatic carbocycles. The summed E-state index contributed by atoms with van der Waals surface area (Å²) in [6.45, 7) is 12.6. The van der Waals surface area contributed by atoms with Gasteiger partial charge in [-0.1, -0.05) is 13.8 Å². The van der Waals surface area contributed by atoms with Gasteiger partial charge >= 0.3 is 0 Å². The summed E-state index contributed by atoms with van der Waals surface area (Å²) in [5.41, 5.74) is 1.38. The summed E-state index contributed by atoms with van der Waals surface area (Å²) in [4.78, 5) is 21.0.